The number of carbonyl (C=O) groups is 1. The molecule has 1 aromatic rings. The maximum atomic E-state index is 12.0. The highest BCUT2D eigenvalue weighted by atomic mass is 16.3. The number of anilines is 1. The Bertz CT molecular complexity index is 515. The quantitative estimate of drug-likeness (QED) is 0.753. The lowest BCUT2D eigenvalue weighted by Crippen LogP contribution is -2.49. The van der Waals surface area contributed by atoms with Gasteiger partial charge in [0.05, 0.1) is 0 Å². The summed E-state index contributed by atoms with van der Waals surface area (Å²) >= 11 is 0. The number of aromatic nitrogens is 1. The van der Waals surface area contributed by atoms with E-state index in [9.17, 15) is 14.7 Å². The fraction of sp³-hybridized carbons (Fsp3) is 0.538. The first-order valence-corrected chi connectivity index (χ1v) is 6.15. The number of rotatable bonds is 3. The molecule has 0 radical (unpaired) electrons. The second-order valence-corrected chi connectivity index (χ2v) is 5.11. The number of hydrogen-bond acceptors (Lipinski definition) is 3. The van der Waals surface area contributed by atoms with Gasteiger partial charge in [-0.05, 0) is 44.7 Å². The maximum Gasteiger partial charge on any atom is 0.271 e. The minimum atomic E-state index is -1.41. The van der Waals surface area contributed by atoms with Gasteiger partial charge in [0.15, 0.2) is 0 Å². The summed E-state index contributed by atoms with van der Waals surface area (Å²) in [7, 11) is 0. The van der Waals surface area contributed by atoms with Gasteiger partial charge < -0.3 is 15.4 Å². The predicted molar refractivity (Wildman–Crippen MR) is 68.4 cm³/mol. The lowest BCUT2D eigenvalue weighted by Gasteiger charge is -2.37. The molecule has 1 atom stereocenters. The number of aliphatic hydroxyl groups is 1. The van der Waals surface area contributed by atoms with Crippen LogP contribution in [0.3, 0.4) is 0 Å². The Hall–Kier alpha value is -1.62. The first kappa shape index (κ1) is 12.8. The molecule has 1 fully saturated rings. The summed E-state index contributed by atoms with van der Waals surface area (Å²) < 4.78 is 0. The average molecular weight is 250 g/mol. The lowest BCUT2D eigenvalue weighted by molar-refractivity contribution is -0.141. The molecule has 2 rings (SSSR count). The van der Waals surface area contributed by atoms with E-state index in [2.05, 4.69) is 10.3 Å². The number of hydrogen-bond donors (Lipinski definition) is 3. The Morgan fingerprint density at radius 2 is 2.17 bits per heavy atom. The van der Waals surface area contributed by atoms with Crippen LogP contribution in [-0.4, -0.2) is 21.6 Å². The van der Waals surface area contributed by atoms with Gasteiger partial charge in [0.2, 0.25) is 0 Å². The van der Waals surface area contributed by atoms with Crippen LogP contribution >= 0.6 is 0 Å². The molecule has 1 aromatic heterocycles. The van der Waals surface area contributed by atoms with Crippen molar-refractivity contribution in [2.45, 2.75) is 38.7 Å². The average Bonchev–Trinajstić information content (AvgIpc) is 2.18. The molecule has 1 aliphatic rings. The molecule has 18 heavy (non-hydrogen) atoms. The zero-order chi connectivity index (χ0) is 13.3. The fourth-order valence-corrected chi connectivity index (χ4v) is 2.08. The minimum absolute atomic E-state index is 0.0120. The van der Waals surface area contributed by atoms with E-state index in [4.69, 9.17) is 0 Å². The van der Waals surface area contributed by atoms with E-state index < -0.39 is 11.5 Å². The van der Waals surface area contributed by atoms with Crippen molar-refractivity contribution in [2.24, 2.45) is 5.92 Å². The number of H-pyrrole nitrogens is 1. The molecule has 0 saturated heterocycles. The molecular weight excluding hydrogens is 232 g/mol. The molecule has 5 nitrogen and oxygen atoms in total. The highest BCUT2D eigenvalue weighted by molar-refractivity contribution is 5.97. The minimum Gasteiger partial charge on any atom is -0.380 e. The van der Waals surface area contributed by atoms with Gasteiger partial charge >= 0.3 is 0 Å². The summed E-state index contributed by atoms with van der Waals surface area (Å²) in [5.74, 6) is -0.524. The van der Waals surface area contributed by atoms with Crippen molar-refractivity contribution < 1.29 is 9.90 Å². The summed E-state index contributed by atoms with van der Waals surface area (Å²) in [6.07, 6.45) is 2.74. The van der Waals surface area contributed by atoms with Crippen LogP contribution in [0, 0.1) is 12.8 Å². The Morgan fingerprint density at radius 1 is 1.50 bits per heavy atom. The van der Waals surface area contributed by atoms with E-state index in [1.807, 2.05) is 0 Å². The number of pyridine rings is 1. The van der Waals surface area contributed by atoms with Crippen LogP contribution in [0.15, 0.2) is 16.9 Å². The van der Waals surface area contributed by atoms with Crippen LogP contribution in [0.5, 0.6) is 0 Å². The van der Waals surface area contributed by atoms with Gasteiger partial charge in [-0.1, -0.05) is 6.42 Å². The number of carbonyl (C=O) groups excluding carboxylic acids is 1. The summed E-state index contributed by atoms with van der Waals surface area (Å²) in [4.78, 5) is 26.2. The maximum absolute atomic E-state index is 12.0. The molecule has 3 N–H and O–H groups in total. The zero-order valence-corrected chi connectivity index (χ0v) is 10.6. The van der Waals surface area contributed by atoms with E-state index >= 15 is 0 Å². The topological polar surface area (TPSA) is 82.2 Å². The molecule has 0 aromatic carbocycles. The molecule has 1 amide bonds. The Morgan fingerprint density at radius 3 is 2.67 bits per heavy atom. The van der Waals surface area contributed by atoms with Crippen LogP contribution in [0.1, 0.15) is 31.9 Å². The second kappa shape index (κ2) is 4.57. The zero-order valence-electron chi connectivity index (χ0n) is 10.6. The van der Waals surface area contributed by atoms with Crippen molar-refractivity contribution >= 4 is 11.6 Å². The molecule has 98 valence electrons. The molecular formula is C13H18N2O3. The van der Waals surface area contributed by atoms with E-state index in [1.165, 1.54) is 6.92 Å². The van der Waals surface area contributed by atoms with Gasteiger partial charge in [-0.3, -0.25) is 9.59 Å². The fourth-order valence-electron chi connectivity index (χ4n) is 2.08. The first-order valence-electron chi connectivity index (χ1n) is 6.15. The molecule has 1 unspecified atom stereocenters. The predicted octanol–water partition coefficient (Wildman–Crippen LogP) is 1.17. The van der Waals surface area contributed by atoms with Gasteiger partial charge in [0.25, 0.3) is 11.5 Å². The molecule has 1 heterocycles. The normalized spacial score (nSPS) is 18.8. The molecule has 1 aliphatic carbocycles. The molecule has 0 bridgehead atoms. The van der Waals surface area contributed by atoms with Gasteiger partial charge in [0, 0.05) is 5.69 Å². The highest BCUT2D eigenvalue weighted by Crippen LogP contribution is 2.36. The van der Waals surface area contributed by atoms with Crippen LogP contribution in [0.25, 0.3) is 0 Å². The monoisotopic (exact) mass is 250 g/mol. The van der Waals surface area contributed by atoms with E-state index in [0.29, 0.717) is 0 Å². The smallest absolute Gasteiger partial charge is 0.271 e. The van der Waals surface area contributed by atoms with E-state index in [1.54, 1.807) is 19.1 Å². The van der Waals surface area contributed by atoms with Crippen LogP contribution in [-0.2, 0) is 4.79 Å². The van der Waals surface area contributed by atoms with Crippen molar-refractivity contribution in [3.63, 3.8) is 0 Å². The third-order valence-corrected chi connectivity index (χ3v) is 3.66. The Labute approximate surface area is 105 Å². The second-order valence-electron chi connectivity index (χ2n) is 5.11. The lowest BCUT2D eigenvalue weighted by atomic mass is 9.73. The Balaban J connectivity index is 2.13. The van der Waals surface area contributed by atoms with Crippen LogP contribution < -0.4 is 10.9 Å². The SMILES string of the molecule is Cc1ccc(NC(=O)C(C)(O)C2CCC2)c(=O)[nH]1. The number of amides is 1. The summed E-state index contributed by atoms with van der Waals surface area (Å²) in [5, 5.41) is 12.7. The van der Waals surface area contributed by atoms with Gasteiger partial charge in [0.1, 0.15) is 11.3 Å². The summed E-state index contributed by atoms with van der Waals surface area (Å²) in [6, 6.07) is 3.25. The van der Waals surface area contributed by atoms with Crippen molar-refractivity contribution in [1.29, 1.82) is 0 Å². The highest BCUT2D eigenvalue weighted by Gasteiger charge is 2.42. The molecule has 0 spiro atoms. The van der Waals surface area contributed by atoms with Crippen molar-refractivity contribution in [3.05, 3.63) is 28.2 Å². The van der Waals surface area contributed by atoms with Gasteiger partial charge in [-0.2, -0.15) is 0 Å². The van der Waals surface area contributed by atoms with Crippen molar-refractivity contribution in [3.8, 4) is 0 Å². The largest absolute Gasteiger partial charge is 0.380 e. The third-order valence-electron chi connectivity index (χ3n) is 3.66. The molecule has 0 aliphatic heterocycles. The number of nitrogens with one attached hydrogen (secondary N) is 2. The van der Waals surface area contributed by atoms with Gasteiger partial charge in [-0.15, -0.1) is 0 Å². The first-order chi connectivity index (χ1) is 8.41. The van der Waals surface area contributed by atoms with Crippen molar-refractivity contribution in [1.82, 2.24) is 4.98 Å². The molecule has 1 saturated carbocycles. The standard InChI is InChI=1S/C13H18N2O3/c1-8-6-7-10(11(16)14-8)15-12(17)13(2,18)9-4-3-5-9/h6-7,9,18H,3-5H2,1-2H3,(H,14,16)(H,15,17). The number of aromatic amines is 1. The third kappa shape index (κ3) is 2.31. The Kier molecular flexibility index (Phi) is 3.26. The van der Waals surface area contributed by atoms with Crippen LogP contribution in [0.2, 0.25) is 0 Å². The van der Waals surface area contributed by atoms with Gasteiger partial charge in [-0.25, -0.2) is 0 Å². The van der Waals surface area contributed by atoms with E-state index in [-0.39, 0.29) is 17.2 Å². The van der Waals surface area contributed by atoms with Crippen LogP contribution in [0.4, 0.5) is 5.69 Å². The van der Waals surface area contributed by atoms with Crippen molar-refractivity contribution in [2.75, 3.05) is 5.32 Å². The summed E-state index contributed by atoms with van der Waals surface area (Å²) in [6.45, 7) is 3.27. The van der Waals surface area contributed by atoms with E-state index in [0.717, 1.165) is 25.0 Å². The number of aryl methyl sites for hydroxylation is 1. The summed E-state index contributed by atoms with van der Waals surface area (Å²) in [5.41, 5.74) is -0.864. The molecule has 5 heteroatoms.